The molecule has 0 aliphatic heterocycles. The molecular weight excluding hydrogens is 237 g/mol. The molecule has 18 heavy (non-hydrogen) atoms. The Morgan fingerprint density at radius 1 is 1.44 bits per heavy atom. The molecule has 0 radical (unpaired) electrons. The fourth-order valence-electron chi connectivity index (χ4n) is 1.42. The van der Waals surface area contributed by atoms with Crippen molar-refractivity contribution in [2.45, 2.75) is 13.8 Å². The molecule has 0 fully saturated rings. The van der Waals surface area contributed by atoms with Crippen molar-refractivity contribution in [3.8, 4) is 0 Å². The predicted octanol–water partition coefficient (Wildman–Crippen LogP) is 2.13. The van der Waals surface area contributed by atoms with Gasteiger partial charge in [-0.1, -0.05) is 6.07 Å². The maximum Gasteiger partial charge on any atom is 0.332 e. The van der Waals surface area contributed by atoms with Crippen molar-refractivity contribution in [2.24, 2.45) is 0 Å². The van der Waals surface area contributed by atoms with E-state index in [2.05, 4.69) is 5.32 Å². The number of benzene rings is 1. The van der Waals surface area contributed by atoms with E-state index in [1.165, 1.54) is 6.07 Å². The van der Waals surface area contributed by atoms with Crippen LogP contribution in [0.2, 0.25) is 0 Å². The van der Waals surface area contributed by atoms with Gasteiger partial charge in [0.2, 0.25) is 0 Å². The SMILES string of the molecule is CCOC(=O)COCCNc1cccc(F)c1C. The summed E-state index contributed by atoms with van der Waals surface area (Å²) in [6.45, 7) is 4.60. The Morgan fingerprint density at radius 3 is 2.94 bits per heavy atom. The minimum Gasteiger partial charge on any atom is -0.464 e. The first kappa shape index (κ1) is 14.4. The highest BCUT2D eigenvalue weighted by Gasteiger charge is 2.03. The molecule has 4 nitrogen and oxygen atoms in total. The Hall–Kier alpha value is -1.62. The zero-order valence-electron chi connectivity index (χ0n) is 10.7. The van der Waals surface area contributed by atoms with Gasteiger partial charge in [0.05, 0.1) is 13.2 Å². The average molecular weight is 255 g/mol. The first-order valence-corrected chi connectivity index (χ1v) is 5.87. The van der Waals surface area contributed by atoms with Gasteiger partial charge in [-0.2, -0.15) is 0 Å². The normalized spacial score (nSPS) is 10.2. The molecule has 0 atom stereocenters. The molecule has 0 saturated heterocycles. The summed E-state index contributed by atoms with van der Waals surface area (Å²) < 4.78 is 23.0. The minimum absolute atomic E-state index is 0.0579. The lowest BCUT2D eigenvalue weighted by atomic mass is 10.2. The Labute approximate surface area is 106 Å². The van der Waals surface area contributed by atoms with Crippen LogP contribution in [0, 0.1) is 12.7 Å². The largest absolute Gasteiger partial charge is 0.464 e. The number of halogens is 1. The fraction of sp³-hybridized carbons (Fsp3) is 0.462. The standard InChI is InChI=1S/C13H18FNO3/c1-3-18-13(16)9-17-8-7-15-12-6-4-5-11(14)10(12)2/h4-6,15H,3,7-9H2,1-2H3. The van der Waals surface area contributed by atoms with Crippen LogP contribution in [-0.4, -0.2) is 32.3 Å². The summed E-state index contributed by atoms with van der Waals surface area (Å²) in [5, 5.41) is 3.04. The molecule has 0 heterocycles. The van der Waals surface area contributed by atoms with Gasteiger partial charge in [-0.3, -0.25) is 0 Å². The highest BCUT2D eigenvalue weighted by Crippen LogP contribution is 2.16. The molecule has 1 aromatic rings. The number of ether oxygens (including phenoxy) is 2. The Kier molecular flexibility index (Phi) is 6.14. The van der Waals surface area contributed by atoms with Crippen molar-refractivity contribution in [1.82, 2.24) is 0 Å². The summed E-state index contributed by atoms with van der Waals surface area (Å²) >= 11 is 0. The summed E-state index contributed by atoms with van der Waals surface area (Å²) in [6, 6.07) is 4.85. The molecule has 0 aliphatic carbocycles. The number of carbonyl (C=O) groups excluding carboxylic acids is 1. The number of anilines is 1. The van der Waals surface area contributed by atoms with Crippen molar-refractivity contribution >= 4 is 11.7 Å². The van der Waals surface area contributed by atoms with E-state index >= 15 is 0 Å². The Bertz CT molecular complexity index is 396. The monoisotopic (exact) mass is 255 g/mol. The Balaban J connectivity index is 2.22. The molecule has 0 unspecified atom stereocenters. The fourth-order valence-corrected chi connectivity index (χ4v) is 1.42. The van der Waals surface area contributed by atoms with Gasteiger partial charge in [-0.15, -0.1) is 0 Å². The van der Waals surface area contributed by atoms with Crippen LogP contribution < -0.4 is 5.32 Å². The van der Waals surface area contributed by atoms with Gasteiger partial charge in [0.15, 0.2) is 0 Å². The summed E-state index contributed by atoms with van der Waals surface area (Å²) in [5.41, 5.74) is 1.30. The van der Waals surface area contributed by atoms with E-state index in [1.54, 1.807) is 26.0 Å². The van der Waals surface area contributed by atoms with Crippen LogP contribution in [0.3, 0.4) is 0 Å². The van der Waals surface area contributed by atoms with Crippen molar-refractivity contribution in [3.63, 3.8) is 0 Å². The third-order valence-corrected chi connectivity index (χ3v) is 2.35. The highest BCUT2D eigenvalue weighted by atomic mass is 19.1. The van der Waals surface area contributed by atoms with Crippen LogP contribution in [0.25, 0.3) is 0 Å². The Morgan fingerprint density at radius 2 is 2.22 bits per heavy atom. The van der Waals surface area contributed by atoms with E-state index in [1.807, 2.05) is 0 Å². The minimum atomic E-state index is -0.376. The van der Waals surface area contributed by atoms with Crippen molar-refractivity contribution in [1.29, 1.82) is 0 Å². The summed E-state index contributed by atoms with van der Waals surface area (Å²) in [7, 11) is 0. The van der Waals surface area contributed by atoms with Gasteiger partial charge in [0.25, 0.3) is 0 Å². The third-order valence-electron chi connectivity index (χ3n) is 2.35. The third kappa shape index (κ3) is 4.71. The molecule has 0 amide bonds. The summed E-state index contributed by atoms with van der Waals surface area (Å²) in [4.78, 5) is 11.0. The lowest BCUT2D eigenvalue weighted by molar-refractivity contribution is -0.148. The maximum absolute atomic E-state index is 13.2. The molecular formula is C13H18FNO3. The lowest BCUT2D eigenvalue weighted by Crippen LogP contribution is -2.17. The van der Waals surface area contributed by atoms with Gasteiger partial charge in [0.1, 0.15) is 12.4 Å². The maximum atomic E-state index is 13.2. The van der Waals surface area contributed by atoms with Crippen LogP contribution in [0.5, 0.6) is 0 Å². The van der Waals surface area contributed by atoms with Crippen molar-refractivity contribution < 1.29 is 18.7 Å². The quantitative estimate of drug-likeness (QED) is 0.599. The molecule has 0 aromatic heterocycles. The van der Waals surface area contributed by atoms with E-state index < -0.39 is 0 Å². The average Bonchev–Trinajstić information content (AvgIpc) is 2.34. The van der Waals surface area contributed by atoms with Crippen LogP contribution in [0.1, 0.15) is 12.5 Å². The number of hydrogen-bond acceptors (Lipinski definition) is 4. The molecule has 0 spiro atoms. The van der Waals surface area contributed by atoms with Gasteiger partial charge < -0.3 is 14.8 Å². The second kappa shape index (κ2) is 7.66. The summed E-state index contributed by atoms with van der Waals surface area (Å²) in [5.74, 6) is -0.619. The van der Waals surface area contributed by atoms with E-state index in [0.717, 1.165) is 5.69 Å². The van der Waals surface area contributed by atoms with Crippen LogP contribution >= 0.6 is 0 Å². The van der Waals surface area contributed by atoms with E-state index in [0.29, 0.717) is 25.3 Å². The smallest absolute Gasteiger partial charge is 0.332 e. The first-order valence-electron chi connectivity index (χ1n) is 5.87. The van der Waals surface area contributed by atoms with Crippen molar-refractivity contribution in [2.75, 3.05) is 31.7 Å². The zero-order valence-corrected chi connectivity index (χ0v) is 10.7. The molecule has 0 saturated carbocycles. The van der Waals surface area contributed by atoms with Gasteiger partial charge in [0, 0.05) is 17.8 Å². The van der Waals surface area contributed by atoms with Crippen LogP contribution in [-0.2, 0) is 14.3 Å². The predicted molar refractivity (Wildman–Crippen MR) is 67.1 cm³/mol. The molecule has 100 valence electrons. The molecule has 5 heteroatoms. The molecule has 1 N–H and O–H groups in total. The second-order valence-electron chi connectivity index (χ2n) is 3.70. The highest BCUT2D eigenvalue weighted by molar-refractivity contribution is 5.70. The van der Waals surface area contributed by atoms with Crippen LogP contribution in [0.15, 0.2) is 18.2 Å². The molecule has 1 rings (SSSR count). The van der Waals surface area contributed by atoms with E-state index in [9.17, 15) is 9.18 Å². The number of carbonyl (C=O) groups is 1. The molecule has 0 aliphatic rings. The molecule has 0 bridgehead atoms. The second-order valence-corrected chi connectivity index (χ2v) is 3.70. The zero-order chi connectivity index (χ0) is 13.4. The topological polar surface area (TPSA) is 47.6 Å². The van der Waals surface area contributed by atoms with Crippen LogP contribution in [0.4, 0.5) is 10.1 Å². The van der Waals surface area contributed by atoms with Gasteiger partial charge in [-0.25, -0.2) is 9.18 Å². The summed E-state index contributed by atoms with van der Waals surface area (Å²) in [6.07, 6.45) is 0. The van der Waals surface area contributed by atoms with Gasteiger partial charge in [-0.05, 0) is 26.0 Å². The number of rotatable bonds is 7. The molecule has 1 aromatic carbocycles. The number of esters is 1. The van der Waals surface area contributed by atoms with Gasteiger partial charge >= 0.3 is 5.97 Å². The van der Waals surface area contributed by atoms with E-state index in [4.69, 9.17) is 9.47 Å². The number of nitrogens with one attached hydrogen (secondary N) is 1. The number of hydrogen-bond donors (Lipinski definition) is 1. The van der Waals surface area contributed by atoms with E-state index in [-0.39, 0.29) is 18.4 Å². The van der Waals surface area contributed by atoms with Crippen molar-refractivity contribution in [3.05, 3.63) is 29.6 Å². The first-order chi connectivity index (χ1) is 8.65. The lowest BCUT2D eigenvalue weighted by Gasteiger charge is -2.10.